The van der Waals surface area contributed by atoms with Crippen molar-refractivity contribution in [2.45, 2.75) is 5.16 Å². The molecule has 0 saturated heterocycles. The molecular weight excluding hydrogens is 224 g/mol. The molecule has 1 aromatic carbocycles. The lowest BCUT2D eigenvalue weighted by molar-refractivity contribution is 0.0697. The molecule has 0 radical (unpaired) electrons. The highest BCUT2D eigenvalue weighted by molar-refractivity contribution is 7.98. The van der Waals surface area contributed by atoms with Crippen molar-refractivity contribution < 1.29 is 9.90 Å². The third-order valence-electron chi connectivity index (χ3n) is 2.16. The van der Waals surface area contributed by atoms with Crippen LogP contribution in [0.4, 0.5) is 0 Å². The van der Waals surface area contributed by atoms with Gasteiger partial charge in [0.15, 0.2) is 5.16 Å². The van der Waals surface area contributed by atoms with Crippen LogP contribution in [-0.2, 0) is 0 Å². The van der Waals surface area contributed by atoms with Crippen molar-refractivity contribution >= 4 is 17.7 Å². The van der Waals surface area contributed by atoms with Gasteiger partial charge in [-0.05, 0) is 24.5 Å². The molecule has 0 atom stereocenters. The number of carboxylic acids is 1. The van der Waals surface area contributed by atoms with E-state index in [2.05, 4.69) is 4.98 Å². The maximum atomic E-state index is 10.8. The first-order chi connectivity index (χ1) is 7.72. The summed E-state index contributed by atoms with van der Waals surface area (Å²) in [4.78, 5) is 15.0. The maximum Gasteiger partial charge on any atom is 0.335 e. The van der Waals surface area contributed by atoms with E-state index in [4.69, 9.17) is 5.11 Å². The molecule has 0 aliphatic rings. The minimum Gasteiger partial charge on any atom is -0.478 e. The summed E-state index contributed by atoms with van der Waals surface area (Å²) in [6.45, 7) is 0. The Morgan fingerprint density at radius 2 is 2.31 bits per heavy atom. The molecule has 5 heteroatoms. The zero-order valence-corrected chi connectivity index (χ0v) is 9.44. The summed E-state index contributed by atoms with van der Waals surface area (Å²) in [7, 11) is 0. The van der Waals surface area contributed by atoms with Crippen LogP contribution in [0.1, 0.15) is 10.4 Å². The average molecular weight is 234 g/mol. The van der Waals surface area contributed by atoms with Crippen molar-refractivity contribution in [1.82, 2.24) is 9.55 Å². The summed E-state index contributed by atoms with van der Waals surface area (Å²) in [6, 6.07) is 6.78. The fourth-order valence-corrected chi connectivity index (χ4v) is 1.96. The summed E-state index contributed by atoms with van der Waals surface area (Å²) >= 11 is 1.52. The number of thioether (sulfide) groups is 1. The molecule has 0 bridgehead atoms. The van der Waals surface area contributed by atoms with Gasteiger partial charge in [0.25, 0.3) is 0 Å². The summed E-state index contributed by atoms with van der Waals surface area (Å²) in [5.74, 6) is -0.923. The molecule has 0 aliphatic carbocycles. The lowest BCUT2D eigenvalue weighted by Crippen LogP contribution is -2.00. The molecule has 0 fully saturated rings. The first kappa shape index (κ1) is 10.8. The summed E-state index contributed by atoms with van der Waals surface area (Å²) in [5, 5.41) is 9.74. The Hall–Kier alpha value is -1.75. The van der Waals surface area contributed by atoms with Crippen LogP contribution in [0.3, 0.4) is 0 Å². The van der Waals surface area contributed by atoms with Crippen LogP contribution in [0.2, 0.25) is 0 Å². The molecule has 2 rings (SSSR count). The van der Waals surface area contributed by atoms with Gasteiger partial charge in [-0.25, -0.2) is 9.78 Å². The Morgan fingerprint density at radius 1 is 1.50 bits per heavy atom. The zero-order chi connectivity index (χ0) is 11.5. The quantitative estimate of drug-likeness (QED) is 0.828. The molecule has 1 aromatic heterocycles. The zero-order valence-electron chi connectivity index (χ0n) is 8.62. The highest BCUT2D eigenvalue weighted by Crippen LogP contribution is 2.18. The first-order valence-electron chi connectivity index (χ1n) is 4.63. The molecule has 16 heavy (non-hydrogen) atoms. The van der Waals surface area contributed by atoms with Gasteiger partial charge in [-0.1, -0.05) is 17.8 Å². The number of imidazole rings is 1. The largest absolute Gasteiger partial charge is 0.478 e. The van der Waals surface area contributed by atoms with Gasteiger partial charge in [0, 0.05) is 18.1 Å². The minimum absolute atomic E-state index is 0.276. The van der Waals surface area contributed by atoms with Crippen LogP contribution in [0, 0.1) is 0 Å². The number of hydrogen-bond donors (Lipinski definition) is 1. The highest BCUT2D eigenvalue weighted by atomic mass is 32.2. The Bertz CT molecular complexity index is 522. The van der Waals surface area contributed by atoms with E-state index in [1.807, 2.05) is 23.1 Å². The minimum atomic E-state index is -0.923. The monoisotopic (exact) mass is 234 g/mol. The molecule has 0 saturated carbocycles. The van der Waals surface area contributed by atoms with Crippen molar-refractivity contribution in [2.24, 2.45) is 0 Å². The second-order valence-electron chi connectivity index (χ2n) is 3.14. The summed E-state index contributed by atoms with van der Waals surface area (Å²) in [5.41, 5.74) is 1.08. The molecule has 1 heterocycles. The van der Waals surface area contributed by atoms with Crippen LogP contribution < -0.4 is 0 Å². The lowest BCUT2D eigenvalue weighted by Gasteiger charge is -2.06. The lowest BCUT2D eigenvalue weighted by atomic mass is 10.2. The number of hydrogen-bond acceptors (Lipinski definition) is 3. The second-order valence-corrected chi connectivity index (χ2v) is 3.91. The van der Waals surface area contributed by atoms with Gasteiger partial charge < -0.3 is 5.11 Å². The fourth-order valence-electron chi connectivity index (χ4n) is 1.43. The first-order valence-corrected chi connectivity index (χ1v) is 5.86. The molecule has 2 aromatic rings. The van der Waals surface area contributed by atoms with Crippen LogP contribution >= 0.6 is 11.8 Å². The standard InChI is InChI=1S/C11H10N2O2S/c1-16-11-12-5-6-13(11)9-4-2-3-8(7-9)10(14)15/h2-7H,1H3,(H,14,15). The average Bonchev–Trinajstić information content (AvgIpc) is 2.77. The van der Waals surface area contributed by atoms with E-state index in [1.165, 1.54) is 11.8 Å². The Morgan fingerprint density at radius 3 is 3.00 bits per heavy atom. The number of benzene rings is 1. The van der Waals surface area contributed by atoms with Gasteiger partial charge in [0.05, 0.1) is 5.56 Å². The smallest absolute Gasteiger partial charge is 0.335 e. The van der Waals surface area contributed by atoms with E-state index in [9.17, 15) is 4.79 Å². The Kier molecular flexibility index (Phi) is 2.96. The third-order valence-corrected chi connectivity index (χ3v) is 2.83. The topological polar surface area (TPSA) is 55.1 Å². The van der Waals surface area contributed by atoms with Crippen molar-refractivity contribution in [3.63, 3.8) is 0 Å². The van der Waals surface area contributed by atoms with Gasteiger partial charge >= 0.3 is 5.97 Å². The van der Waals surface area contributed by atoms with Crippen LogP contribution in [0.25, 0.3) is 5.69 Å². The molecule has 1 N–H and O–H groups in total. The molecule has 82 valence electrons. The van der Waals surface area contributed by atoms with Crippen LogP contribution in [0.5, 0.6) is 0 Å². The van der Waals surface area contributed by atoms with Crippen molar-refractivity contribution in [3.05, 3.63) is 42.2 Å². The van der Waals surface area contributed by atoms with Gasteiger partial charge in [-0.15, -0.1) is 0 Å². The van der Waals surface area contributed by atoms with E-state index < -0.39 is 5.97 Å². The normalized spacial score (nSPS) is 10.3. The molecular formula is C11H10N2O2S. The Balaban J connectivity index is 2.48. The maximum absolute atomic E-state index is 10.8. The number of carbonyl (C=O) groups is 1. The number of rotatable bonds is 3. The van der Waals surface area contributed by atoms with Crippen LogP contribution in [0.15, 0.2) is 41.8 Å². The predicted molar refractivity (Wildman–Crippen MR) is 62.3 cm³/mol. The van der Waals surface area contributed by atoms with Gasteiger partial charge in [0.2, 0.25) is 0 Å². The van der Waals surface area contributed by atoms with Gasteiger partial charge in [0.1, 0.15) is 0 Å². The molecule has 0 amide bonds. The molecule has 4 nitrogen and oxygen atoms in total. The Labute approximate surface area is 96.9 Å². The number of aromatic nitrogens is 2. The fraction of sp³-hybridized carbons (Fsp3) is 0.0909. The van der Waals surface area contributed by atoms with E-state index in [1.54, 1.807) is 24.4 Å². The summed E-state index contributed by atoms with van der Waals surface area (Å²) < 4.78 is 1.86. The highest BCUT2D eigenvalue weighted by Gasteiger charge is 2.07. The summed E-state index contributed by atoms with van der Waals surface area (Å²) in [6.07, 6.45) is 5.44. The number of carboxylic acid groups (broad SMARTS) is 1. The third kappa shape index (κ3) is 1.94. The molecule has 0 aliphatic heterocycles. The van der Waals surface area contributed by atoms with Gasteiger partial charge in [-0.3, -0.25) is 4.57 Å². The van der Waals surface area contributed by atoms with E-state index in [-0.39, 0.29) is 5.56 Å². The van der Waals surface area contributed by atoms with E-state index >= 15 is 0 Å². The van der Waals surface area contributed by atoms with E-state index in [0.29, 0.717) is 0 Å². The number of aromatic carboxylic acids is 1. The van der Waals surface area contributed by atoms with Crippen molar-refractivity contribution in [1.29, 1.82) is 0 Å². The van der Waals surface area contributed by atoms with E-state index in [0.717, 1.165) is 10.8 Å². The van der Waals surface area contributed by atoms with Gasteiger partial charge in [-0.2, -0.15) is 0 Å². The second kappa shape index (κ2) is 4.40. The number of nitrogens with zero attached hydrogens (tertiary/aromatic N) is 2. The van der Waals surface area contributed by atoms with Crippen molar-refractivity contribution in [3.8, 4) is 5.69 Å². The van der Waals surface area contributed by atoms with Crippen LogP contribution in [-0.4, -0.2) is 26.9 Å². The predicted octanol–water partition coefficient (Wildman–Crippen LogP) is 2.29. The van der Waals surface area contributed by atoms with Crippen molar-refractivity contribution in [2.75, 3.05) is 6.26 Å². The molecule has 0 spiro atoms. The molecule has 0 unspecified atom stereocenters. The SMILES string of the molecule is CSc1nccn1-c1cccc(C(=O)O)c1.